The molecule has 0 aromatic carbocycles. The Kier molecular flexibility index (Phi) is 4.89. The molecule has 0 saturated carbocycles. The first-order valence-electron chi connectivity index (χ1n) is 5.99. The van der Waals surface area contributed by atoms with Crippen molar-refractivity contribution in [1.82, 2.24) is 5.32 Å². The van der Waals surface area contributed by atoms with E-state index in [4.69, 9.17) is 4.42 Å². The largest absolute Gasteiger partial charge is 0.464 e. The fraction of sp³-hybridized carbons (Fsp3) is 0.692. The Morgan fingerprint density at radius 2 is 2.00 bits per heavy atom. The van der Waals surface area contributed by atoms with Gasteiger partial charge in [-0.05, 0) is 31.0 Å². The predicted octanol–water partition coefficient (Wildman–Crippen LogP) is 3.54. The first kappa shape index (κ1) is 12.3. The van der Waals surface area contributed by atoms with Crippen molar-refractivity contribution in [3.63, 3.8) is 0 Å². The zero-order valence-electron chi connectivity index (χ0n) is 10.3. The second kappa shape index (κ2) is 5.96. The van der Waals surface area contributed by atoms with Gasteiger partial charge >= 0.3 is 0 Å². The Morgan fingerprint density at radius 1 is 1.27 bits per heavy atom. The quantitative estimate of drug-likeness (QED) is 0.775. The normalized spacial score (nSPS) is 13.4. The molecule has 15 heavy (non-hydrogen) atoms. The van der Waals surface area contributed by atoms with Gasteiger partial charge in [-0.15, -0.1) is 0 Å². The predicted molar refractivity (Wildman–Crippen MR) is 64.0 cm³/mol. The molecule has 0 radical (unpaired) electrons. The zero-order chi connectivity index (χ0) is 11.3. The zero-order valence-corrected chi connectivity index (χ0v) is 10.3. The average molecular weight is 209 g/mol. The number of hydrogen-bond donors (Lipinski definition) is 1. The summed E-state index contributed by atoms with van der Waals surface area (Å²) in [6.45, 7) is 9.73. The fourth-order valence-corrected chi connectivity index (χ4v) is 1.79. The maximum Gasteiger partial charge on any atom is 0.121 e. The van der Waals surface area contributed by atoms with Crippen LogP contribution in [0.3, 0.4) is 0 Å². The topological polar surface area (TPSA) is 25.2 Å². The van der Waals surface area contributed by atoms with Crippen LogP contribution in [0.25, 0.3) is 0 Å². The minimum Gasteiger partial charge on any atom is -0.464 e. The third-order valence-electron chi connectivity index (χ3n) is 2.53. The second-order valence-corrected chi connectivity index (χ2v) is 4.40. The standard InChI is InChI=1S/C13H23NO/c1-5-11-7-8-13(15-11)12(14-6-2)9-10(3)4/h7-8,10,12,14H,5-6,9H2,1-4H3. The molecule has 1 N–H and O–H groups in total. The highest BCUT2D eigenvalue weighted by Gasteiger charge is 2.15. The molecule has 0 amide bonds. The lowest BCUT2D eigenvalue weighted by molar-refractivity contribution is 0.355. The first-order valence-corrected chi connectivity index (χ1v) is 5.99. The lowest BCUT2D eigenvalue weighted by Crippen LogP contribution is -2.21. The molecule has 1 heterocycles. The van der Waals surface area contributed by atoms with Gasteiger partial charge in [-0.2, -0.15) is 0 Å². The lowest BCUT2D eigenvalue weighted by atomic mass is 10.0. The van der Waals surface area contributed by atoms with Crippen molar-refractivity contribution in [2.75, 3.05) is 6.54 Å². The van der Waals surface area contributed by atoms with E-state index in [2.05, 4.69) is 45.1 Å². The van der Waals surface area contributed by atoms with Crippen LogP contribution in [0, 0.1) is 5.92 Å². The van der Waals surface area contributed by atoms with Crippen molar-refractivity contribution in [3.8, 4) is 0 Å². The molecule has 0 fully saturated rings. The van der Waals surface area contributed by atoms with Gasteiger partial charge in [-0.25, -0.2) is 0 Å². The van der Waals surface area contributed by atoms with Crippen molar-refractivity contribution in [2.45, 2.75) is 46.6 Å². The maximum atomic E-state index is 5.79. The molecular weight excluding hydrogens is 186 g/mol. The molecule has 0 spiro atoms. The highest BCUT2D eigenvalue weighted by Crippen LogP contribution is 2.23. The van der Waals surface area contributed by atoms with E-state index in [1.54, 1.807) is 0 Å². The van der Waals surface area contributed by atoms with Crippen LogP contribution >= 0.6 is 0 Å². The van der Waals surface area contributed by atoms with Gasteiger partial charge in [0, 0.05) is 6.42 Å². The molecule has 2 heteroatoms. The Bertz CT molecular complexity index is 278. The number of aryl methyl sites for hydroxylation is 1. The van der Waals surface area contributed by atoms with Crippen LogP contribution in [-0.2, 0) is 6.42 Å². The number of nitrogens with one attached hydrogen (secondary N) is 1. The van der Waals surface area contributed by atoms with Crippen molar-refractivity contribution < 1.29 is 4.42 Å². The lowest BCUT2D eigenvalue weighted by Gasteiger charge is -2.17. The van der Waals surface area contributed by atoms with E-state index in [0.717, 1.165) is 30.9 Å². The minimum absolute atomic E-state index is 0.371. The van der Waals surface area contributed by atoms with Crippen LogP contribution in [0.5, 0.6) is 0 Å². The summed E-state index contributed by atoms with van der Waals surface area (Å²) in [6, 6.07) is 4.56. The highest BCUT2D eigenvalue weighted by atomic mass is 16.3. The van der Waals surface area contributed by atoms with E-state index >= 15 is 0 Å². The maximum absolute atomic E-state index is 5.79. The molecule has 1 unspecified atom stereocenters. The van der Waals surface area contributed by atoms with Crippen LogP contribution < -0.4 is 5.32 Å². The van der Waals surface area contributed by atoms with Crippen LogP contribution in [0.15, 0.2) is 16.5 Å². The molecule has 0 saturated heterocycles. The molecule has 1 atom stereocenters. The Hall–Kier alpha value is -0.760. The van der Waals surface area contributed by atoms with Crippen molar-refractivity contribution >= 4 is 0 Å². The summed E-state index contributed by atoms with van der Waals surface area (Å²) in [6.07, 6.45) is 2.10. The van der Waals surface area contributed by atoms with E-state index in [1.165, 1.54) is 0 Å². The van der Waals surface area contributed by atoms with E-state index in [9.17, 15) is 0 Å². The molecule has 2 nitrogen and oxygen atoms in total. The van der Waals surface area contributed by atoms with Crippen molar-refractivity contribution in [3.05, 3.63) is 23.7 Å². The monoisotopic (exact) mass is 209 g/mol. The number of hydrogen-bond acceptors (Lipinski definition) is 2. The van der Waals surface area contributed by atoms with Gasteiger partial charge in [0.05, 0.1) is 6.04 Å². The van der Waals surface area contributed by atoms with Crippen molar-refractivity contribution in [1.29, 1.82) is 0 Å². The smallest absolute Gasteiger partial charge is 0.121 e. The Balaban J connectivity index is 2.69. The minimum atomic E-state index is 0.371. The molecular formula is C13H23NO. The fourth-order valence-electron chi connectivity index (χ4n) is 1.79. The summed E-state index contributed by atoms with van der Waals surface area (Å²) < 4.78 is 5.79. The SMILES string of the molecule is CCNC(CC(C)C)c1ccc(CC)o1. The molecule has 0 aliphatic rings. The van der Waals surface area contributed by atoms with Gasteiger partial charge in [0.15, 0.2) is 0 Å². The molecule has 1 aromatic rings. The molecule has 1 aromatic heterocycles. The molecule has 0 aliphatic carbocycles. The van der Waals surface area contributed by atoms with Gasteiger partial charge in [-0.1, -0.05) is 27.7 Å². The molecule has 0 bridgehead atoms. The van der Waals surface area contributed by atoms with Gasteiger partial charge < -0.3 is 9.73 Å². The highest BCUT2D eigenvalue weighted by molar-refractivity contribution is 5.10. The molecule has 0 aliphatic heterocycles. The summed E-state index contributed by atoms with van der Waals surface area (Å²) in [5, 5.41) is 3.47. The second-order valence-electron chi connectivity index (χ2n) is 4.40. The van der Waals surface area contributed by atoms with E-state index in [-0.39, 0.29) is 0 Å². The molecule has 1 rings (SSSR count). The summed E-state index contributed by atoms with van der Waals surface area (Å²) in [4.78, 5) is 0. The first-order chi connectivity index (χ1) is 7.17. The molecule has 86 valence electrons. The van der Waals surface area contributed by atoms with Gasteiger partial charge in [0.25, 0.3) is 0 Å². The van der Waals surface area contributed by atoms with Crippen LogP contribution in [0.4, 0.5) is 0 Å². The van der Waals surface area contributed by atoms with Crippen LogP contribution in [-0.4, -0.2) is 6.54 Å². The third-order valence-corrected chi connectivity index (χ3v) is 2.53. The van der Waals surface area contributed by atoms with Crippen LogP contribution in [0.1, 0.15) is 51.7 Å². The van der Waals surface area contributed by atoms with Crippen molar-refractivity contribution in [2.24, 2.45) is 5.92 Å². The van der Waals surface area contributed by atoms with Gasteiger partial charge in [0.2, 0.25) is 0 Å². The summed E-state index contributed by atoms with van der Waals surface area (Å²) in [7, 11) is 0. The number of rotatable bonds is 6. The summed E-state index contributed by atoms with van der Waals surface area (Å²) >= 11 is 0. The van der Waals surface area contributed by atoms with E-state index in [1.807, 2.05) is 0 Å². The van der Waals surface area contributed by atoms with Gasteiger partial charge in [-0.3, -0.25) is 0 Å². The Morgan fingerprint density at radius 3 is 2.47 bits per heavy atom. The van der Waals surface area contributed by atoms with Gasteiger partial charge in [0.1, 0.15) is 11.5 Å². The summed E-state index contributed by atoms with van der Waals surface area (Å²) in [5.74, 6) is 2.85. The third kappa shape index (κ3) is 3.71. The number of furan rings is 1. The van der Waals surface area contributed by atoms with E-state index in [0.29, 0.717) is 12.0 Å². The van der Waals surface area contributed by atoms with E-state index < -0.39 is 0 Å². The average Bonchev–Trinajstić information content (AvgIpc) is 2.64. The summed E-state index contributed by atoms with van der Waals surface area (Å²) in [5.41, 5.74) is 0. The van der Waals surface area contributed by atoms with Crippen LogP contribution in [0.2, 0.25) is 0 Å². The Labute approximate surface area is 93.1 Å².